The van der Waals surface area contributed by atoms with Crippen LogP contribution in [-0.4, -0.2) is 16.1 Å². The van der Waals surface area contributed by atoms with Crippen LogP contribution in [0.1, 0.15) is 18.3 Å². The smallest absolute Gasteiger partial charge is 0.340 e. The fraction of sp³-hybridized carbons (Fsp3) is 0.364. The Morgan fingerprint density at radius 1 is 1.29 bits per heavy atom. The molecule has 1 aromatic heterocycles. The molecule has 2 aromatic rings. The van der Waals surface area contributed by atoms with Crippen molar-refractivity contribution in [1.82, 2.24) is 9.97 Å². The van der Waals surface area contributed by atoms with Crippen LogP contribution in [-0.2, 0) is 5.54 Å². The van der Waals surface area contributed by atoms with Gasteiger partial charge in [0.05, 0.1) is 11.0 Å². The summed E-state index contributed by atoms with van der Waals surface area (Å²) in [4.78, 5) is 6.58. The first-order valence-corrected chi connectivity index (χ1v) is 5.05. The zero-order chi connectivity index (χ0) is 12.8. The third kappa shape index (κ3) is 1.78. The number of nitrogens with one attached hydrogen (secondary N) is 1. The molecule has 17 heavy (non-hydrogen) atoms. The number of fused-ring (bicyclic) bond motifs is 1. The molecule has 92 valence electrons. The van der Waals surface area contributed by atoms with Crippen LogP contribution >= 0.6 is 0 Å². The highest BCUT2D eigenvalue weighted by atomic mass is 19.4. The summed E-state index contributed by atoms with van der Waals surface area (Å²) < 4.78 is 38.3. The van der Waals surface area contributed by atoms with Gasteiger partial charge in [0.2, 0.25) is 0 Å². The third-order valence-electron chi connectivity index (χ3n) is 2.80. The Hall–Kier alpha value is -1.56. The number of aryl methyl sites for hydroxylation is 1. The van der Waals surface area contributed by atoms with Crippen molar-refractivity contribution in [3.63, 3.8) is 0 Å². The number of halogens is 3. The number of rotatable bonds is 1. The molecule has 1 unspecified atom stereocenters. The standard InChI is InChI=1S/C11H12F3N3/c1-6-4-3-5-7-8(6)17-9(16-7)10(2,15)11(12,13)14/h3-5H,15H2,1-2H3,(H,16,17). The lowest BCUT2D eigenvalue weighted by Gasteiger charge is -2.24. The summed E-state index contributed by atoms with van der Waals surface area (Å²) in [6.07, 6.45) is -4.55. The van der Waals surface area contributed by atoms with Crippen LogP contribution in [0.3, 0.4) is 0 Å². The lowest BCUT2D eigenvalue weighted by Crippen LogP contribution is -2.48. The van der Waals surface area contributed by atoms with Crippen LogP contribution in [0.15, 0.2) is 18.2 Å². The lowest BCUT2D eigenvalue weighted by atomic mass is 10.0. The first-order chi connectivity index (χ1) is 7.73. The van der Waals surface area contributed by atoms with E-state index in [0.717, 1.165) is 12.5 Å². The van der Waals surface area contributed by atoms with Gasteiger partial charge >= 0.3 is 6.18 Å². The van der Waals surface area contributed by atoms with Gasteiger partial charge in [-0.15, -0.1) is 0 Å². The van der Waals surface area contributed by atoms with Crippen LogP contribution in [0.5, 0.6) is 0 Å². The van der Waals surface area contributed by atoms with Gasteiger partial charge < -0.3 is 10.7 Å². The molecule has 0 fully saturated rings. The van der Waals surface area contributed by atoms with Crippen LogP contribution in [0.4, 0.5) is 13.2 Å². The predicted octanol–water partition coefficient (Wildman–Crippen LogP) is 2.61. The molecule has 0 aliphatic heterocycles. The van der Waals surface area contributed by atoms with E-state index in [2.05, 4.69) is 9.97 Å². The second-order valence-corrected chi connectivity index (χ2v) is 4.26. The van der Waals surface area contributed by atoms with Crippen LogP contribution in [0, 0.1) is 6.92 Å². The van der Waals surface area contributed by atoms with Crippen molar-refractivity contribution in [2.45, 2.75) is 25.6 Å². The summed E-state index contributed by atoms with van der Waals surface area (Å²) in [5.74, 6) is -0.269. The monoisotopic (exact) mass is 243 g/mol. The second kappa shape index (κ2) is 3.46. The number of nitrogens with two attached hydrogens (primary N) is 1. The number of aromatic nitrogens is 2. The second-order valence-electron chi connectivity index (χ2n) is 4.26. The summed E-state index contributed by atoms with van der Waals surface area (Å²) >= 11 is 0. The fourth-order valence-electron chi connectivity index (χ4n) is 1.56. The number of hydrogen-bond acceptors (Lipinski definition) is 2. The zero-order valence-corrected chi connectivity index (χ0v) is 9.39. The molecule has 0 aliphatic rings. The van der Waals surface area contributed by atoms with Crippen molar-refractivity contribution >= 4 is 11.0 Å². The van der Waals surface area contributed by atoms with Gasteiger partial charge in [-0.3, -0.25) is 0 Å². The SMILES string of the molecule is Cc1cccc2[nH]c(C(C)(N)C(F)(F)F)nc12. The van der Waals surface area contributed by atoms with Crippen molar-refractivity contribution in [1.29, 1.82) is 0 Å². The summed E-state index contributed by atoms with van der Waals surface area (Å²) in [6.45, 7) is 2.69. The average Bonchev–Trinajstić information content (AvgIpc) is 2.61. The van der Waals surface area contributed by atoms with Gasteiger partial charge in [0, 0.05) is 0 Å². The van der Waals surface area contributed by atoms with Gasteiger partial charge in [-0.25, -0.2) is 4.98 Å². The highest BCUT2D eigenvalue weighted by molar-refractivity contribution is 5.78. The van der Waals surface area contributed by atoms with Gasteiger partial charge in [-0.2, -0.15) is 13.2 Å². The maximum atomic E-state index is 12.8. The van der Waals surface area contributed by atoms with Crippen molar-refractivity contribution in [3.05, 3.63) is 29.6 Å². The van der Waals surface area contributed by atoms with Gasteiger partial charge in [0.25, 0.3) is 0 Å². The summed E-state index contributed by atoms with van der Waals surface area (Å²) in [7, 11) is 0. The molecule has 3 N–H and O–H groups in total. The zero-order valence-electron chi connectivity index (χ0n) is 9.39. The maximum Gasteiger partial charge on any atom is 0.413 e. The molecule has 1 atom stereocenters. The number of H-pyrrole nitrogens is 1. The van der Waals surface area contributed by atoms with E-state index < -0.39 is 11.7 Å². The van der Waals surface area contributed by atoms with Crippen LogP contribution in [0.2, 0.25) is 0 Å². The van der Waals surface area contributed by atoms with Gasteiger partial charge in [0.1, 0.15) is 5.82 Å². The first-order valence-electron chi connectivity index (χ1n) is 5.05. The molecule has 0 saturated heterocycles. The molecule has 3 nitrogen and oxygen atoms in total. The summed E-state index contributed by atoms with van der Waals surface area (Å²) in [5.41, 5.74) is 4.72. The molecular weight excluding hydrogens is 231 g/mol. The molecule has 0 amide bonds. The molecule has 1 heterocycles. The van der Waals surface area contributed by atoms with Crippen molar-refractivity contribution < 1.29 is 13.2 Å². The Labute approximate surface area is 95.8 Å². The average molecular weight is 243 g/mol. The van der Waals surface area contributed by atoms with E-state index in [9.17, 15) is 13.2 Å². The maximum absolute atomic E-state index is 12.8. The minimum atomic E-state index is -4.55. The molecular formula is C11H12F3N3. The molecule has 6 heteroatoms. The number of alkyl halides is 3. The third-order valence-corrected chi connectivity index (χ3v) is 2.80. The highest BCUT2D eigenvalue weighted by Crippen LogP contribution is 2.35. The van der Waals surface area contributed by atoms with E-state index in [1.807, 2.05) is 0 Å². The fourth-order valence-corrected chi connectivity index (χ4v) is 1.56. The Balaban J connectivity index is 2.62. The van der Waals surface area contributed by atoms with E-state index >= 15 is 0 Å². The quantitative estimate of drug-likeness (QED) is 0.808. The Morgan fingerprint density at radius 3 is 2.47 bits per heavy atom. The highest BCUT2D eigenvalue weighted by Gasteiger charge is 2.51. The lowest BCUT2D eigenvalue weighted by molar-refractivity contribution is -0.186. The number of hydrogen-bond donors (Lipinski definition) is 2. The van der Waals surface area contributed by atoms with E-state index in [0.29, 0.717) is 11.0 Å². The predicted molar refractivity (Wildman–Crippen MR) is 58.4 cm³/mol. The Morgan fingerprint density at radius 2 is 1.94 bits per heavy atom. The molecule has 0 aliphatic carbocycles. The number of para-hydroxylation sites is 1. The molecule has 0 radical (unpaired) electrons. The normalized spacial score (nSPS) is 16.1. The van der Waals surface area contributed by atoms with E-state index in [1.165, 1.54) is 0 Å². The largest absolute Gasteiger partial charge is 0.413 e. The summed E-state index contributed by atoms with van der Waals surface area (Å²) in [6, 6.07) is 5.21. The minimum Gasteiger partial charge on any atom is -0.340 e. The molecule has 0 bridgehead atoms. The molecule has 1 aromatic carbocycles. The van der Waals surface area contributed by atoms with Crippen molar-refractivity contribution in [2.75, 3.05) is 0 Å². The van der Waals surface area contributed by atoms with E-state index in [-0.39, 0.29) is 5.82 Å². The topological polar surface area (TPSA) is 54.7 Å². The van der Waals surface area contributed by atoms with Crippen LogP contribution < -0.4 is 5.73 Å². The van der Waals surface area contributed by atoms with Gasteiger partial charge in [0.15, 0.2) is 5.54 Å². The van der Waals surface area contributed by atoms with Crippen LogP contribution in [0.25, 0.3) is 11.0 Å². The van der Waals surface area contributed by atoms with Gasteiger partial charge in [-0.1, -0.05) is 12.1 Å². The first kappa shape index (κ1) is 11.9. The van der Waals surface area contributed by atoms with Crippen molar-refractivity contribution in [2.24, 2.45) is 5.73 Å². The summed E-state index contributed by atoms with van der Waals surface area (Å²) in [5, 5.41) is 0. The molecule has 2 rings (SSSR count). The molecule has 0 spiro atoms. The minimum absolute atomic E-state index is 0.269. The molecule has 0 saturated carbocycles. The Kier molecular flexibility index (Phi) is 2.43. The van der Waals surface area contributed by atoms with Gasteiger partial charge in [-0.05, 0) is 25.5 Å². The number of nitrogens with zero attached hydrogens (tertiary/aromatic N) is 1. The van der Waals surface area contributed by atoms with Crippen molar-refractivity contribution in [3.8, 4) is 0 Å². The number of imidazole rings is 1. The number of benzene rings is 1. The van der Waals surface area contributed by atoms with E-state index in [4.69, 9.17) is 5.73 Å². The number of aromatic amines is 1. The van der Waals surface area contributed by atoms with E-state index in [1.54, 1.807) is 25.1 Å². The Bertz CT molecular complexity index is 555.